The SMILES string of the molecule is C=C/C(=C\C(=C/C)c1ccc(NC)c(C(=C)c2nc3c(-c4cccc(F)c4)cncc3[nH]2)c1)NC(=C)C1CCCCC1.CC. The summed E-state index contributed by atoms with van der Waals surface area (Å²) in [6, 6.07) is 12.7. The fraction of sp³-hybridized carbons (Fsp3) is 0.263. The van der Waals surface area contributed by atoms with E-state index in [0.29, 0.717) is 17.3 Å². The number of nitrogens with zero attached hydrogens (tertiary/aromatic N) is 2. The molecule has 44 heavy (non-hydrogen) atoms. The smallest absolute Gasteiger partial charge is 0.138 e. The summed E-state index contributed by atoms with van der Waals surface area (Å²) in [4.78, 5) is 12.6. The van der Waals surface area contributed by atoms with Crippen LogP contribution < -0.4 is 10.6 Å². The van der Waals surface area contributed by atoms with E-state index in [0.717, 1.165) is 56.0 Å². The summed E-state index contributed by atoms with van der Waals surface area (Å²) in [5.74, 6) is 0.822. The number of aromatic amines is 1. The first kappa shape index (κ1) is 32.2. The molecule has 3 N–H and O–H groups in total. The third kappa shape index (κ3) is 7.25. The van der Waals surface area contributed by atoms with Gasteiger partial charge in [0.2, 0.25) is 0 Å². The second-order valence-corrected chi connectivity index (χ2v) is 10.7. The highest BCUT2D eigenvalue weighted by Gasteiger charge is 2.18. The van der Waals surface area contributed by atoms with Crippen LogP contribution in [0.15, 0.2) is 104 Å². The molecule has 0 aliphatic heterocycles. The molecule has 6 heteroatoms. The van der Waals surface area contributed by atoms with Crippen LogP contribution in [-0.2, 0) is 0 Å². The monoisotopic (exact) mass is 589 g/mol. The standard InChI is InChI=1S/C36H38FN5.C2H6/c1-6-25(19-30(7-2)40-24(4)26-12-9-8-10-13-26)27-16-17-33(38-5)31(20-27)23(3)36-41-34-22-39-21-32(35(34)42-36)28-14-11-15-29(37)18-28;1-2/h6-7,11,14-22,26,38,40H,2-4,8-10,12-13H2,1,5H3,(H,41,42);1-2H3/b25-6+,30-19+;. The van der Waals surface area contributed by atoms with Gasteiger partial charge in [-0.05, 0) is 78.8 Å². The van der Waals surface area contributed by atoms with Crippen molar-refractivity contribution in [2.45, 2.75) is 52.9 Å². The maximum absolute atomic E-state index is 14.0. The fourth-order valence-electron chi connectivity index (χ4n) is 5.65. The minimum atomic E-state index is -0.304. The Balaban J connectivity index is 0.00000216. The number of hydrogen-bond acceptors (Lipinski definition) is 4. The third-order valence-electron chi connectivity index (χ3n) is 8.01. The lowest BCUT2D eigenvalue weighted by Crippen LogP contribution is -2.20. The number of rotatable bonds is 10. The molecule has 0 atom stereocenters. The van der Waals surface area contributed by atoms with E-state index in [9.17, 15) is 4.39 Å². The lowest BCUT2D eigenvalue weighted by Gasteiger charge is -2.25. The minimum Gasteiger partial charge on any atom is -0.388 e. The highest BCUT2D eigenvalue weighted by atomic mass is 19.1. The van der Waals surface area contributed by atoms with Crippen LogP contribution in [0.25, 0.3) is 33.3 Å². The number of allylic oxidation sites excluding steroid dienone is 5. The van der Waals surface area contributed by atoms with Gasteiger partial charge in [-0.2, -0.15) is 0 Å². The van der Waals surface area contributed by atoms with E-state index in [4.69, 9.17) is 4.98 Å². The normalized spacial score (nSPS) is 14.0. The number of hydrogen-bond donors (Lipinski definition) is 3. The fourth-order valence-corrected chi connectivity index (χ4v) is 5.65. The number of halogens is 1. The van der Waals surface area contributed by atoms with Crippen molar-refractivity contribution in [2.24, 2.45) is 5.92 Å². The van der Waals surface area contributed by atoms with Crippen molar-refractivity contribution in [3.63, 3.8) is 0 Å². The maximum atomic E-state index is 14.0. The summed E-state index contributed by atoms with van der Waals surface area (Å²) in [7, 11) is 1.89. The van der Waals surface area contributed by atoms with E-state index < -0.39 is 0 Å². The van der Waals surface area contributed by atoms with Gasteiger partial charge >= 0.3 is 0 Å². The zero-order valence-corrected chi connectivity index (χ0v) is 26.4. The van der Waals surface area contributed by atoms with Gasteiger partial charge in [0.05, 0.1) is 17.2 Å². The van der Waals surface area contributed by atoms with E-state index in [1.165, 1.54) is 44.2 Å². The predicted octanol–water partition coefficient (Wildman–Crippen LogP) is 10.1. The number of anilines is 1. The summed E-state index contributed by atoms with van der Waals surface area (Å²) >= 11 is 0. The molecule has 0 amide bonds. The first-order valence-electron chi connectivity index (χ1n) is 15.5. The molecule has 2 aromatic heterocycles. The van der Waals surface area contributed by atoms with E-state index in [1.807, 2.05) is 40.0 Å². The molecule has 5 rings (SSSR count). The number of benzene rings is 2. The number of aromatic nitrogens is 3. The van der Waals surface area contributed by atoms with E-state index in [1.54, 1.807) is 18.5 Å². The largest absolute Gasteiger partial charge is 0.388 e. The molecule has 0 bridgehead atoms. The average Bonchev–Trinajstić information content (AvgIpc) is 3.52. The molecule has 1 aliphatic carbocycles. The molecule has 1 aliphatic rings. The Bertz CT molecular complexity index is 1700. The first-order chi connectivity index (χ1) is 21.4. The zero-order valence-electron chi connectivity index (χ0n) is 26.4. The summed E-state index contributed by atoms with van der Waals surface area (Å²) in [6.07, 6.45) is 15.7. The van der Waals surface area contributed by atoms with Crippen molar-refractivity contribution in [3.05, 3.63) is 127 Å². The summed E-state index contributed by atoms with van der Waals surface area (Å²) < 4.78 is 14.0. The predicted molar refractivity (Wildman–Crippen MR) is 186 cm³/mol. The highest BCUT2D eigenvalue weighted by molar-refractivity contribution is 5.94. The van der Waals surface area contributed by atoms with Gasteiger partial charge in [-0.15, -0.1) is 0 Å². The number of fused-ring (bicyclic) bond motifs is 1. The molecule has 0 saturated heterocycles. The van der Waals surface area contributed by atoms with Crippen LogP contribution in [0.5, 0.6) is 0 Å². The number of imidazole rings is 1. The Labute approximate surface area is 261 Å². The Kier molecular flexibility index (Phi) is 11.1. The summed E-state index contributed by atoms with van der Waals surface area (Å²) in [6.45, 7) is 18.8. The van der Waals surface area contributed by atoms with Crippen LogP contribution in [0.2, 0.25) is 0 Å². The summed E-state index contributed by atoms with van der Waals surface area (Å²) in [5.41, 5.74) is 9.60. The molecule has 0 radical (unpaired) electrons. The molecule has 1 fully saturated rings. The van der Waals surface area contributed by atoms with Gasteiger partial charge in [0.25, 0.3) is 0 Å². The molecule has 0 unspecified atom stereocenters. The molecule has 1 saturated carbocycles. The molecular formula is C38H44FN5. The van der Waals surface area contributed by atoms with Crippen LogP contribution in [0.3, 0.4) is 0 Å². The van der Waals surface area contributed by atoms with Gasteiger partial charge in [0.15, 0.2) is 0 Å². The van der Waals surface area contributed by atoms with Crippen LogP contribution in [0, 0.1) is 11.7 Å². The van der Waals surface area contributed by atoms with Crippen molar-refractivity contribution in [3.8, 4) is 11.1 Å². The molecule has 0 spiro atoms. The first-order valence-corrected chi connectivity index (χ1v) is 15.5. The Morgan fingerprint density at radius 1 is 1.05 bits per heavy atom. The maximum Gasteiger partial charge on any atom is 0.138 e. The second-order valence-electron chi connectivity index (χ2n) is 10.7. The van der Waals surface area contributed by atoms with E-state index >= 15 is 0 Å². The van der Waals surface area contributed by atoms with Gasteiger partial charge in [0, 0.05) is 47.0 Å². The number of nitrogens with one attached hydrogen (secondary N) is 3. The Morgan fingerprint density at radius 2 is 1.82 bits per heavy atom. The molecular weight excluding hydrogens is 545 g/mol. The lowest BCUT2D eigenvalue weighted by atomic mass is 9.87. The van der Waals surface area contributed by atoms with Gasteiger partial charge in [0.1, 0.15) is 11.6 Å². The minimum absolute atomic E-state index is 0.304. The molecule has 5 nitrogen and oxygen atoms in total. The van der Waals surface area contributed by atoms with Gasteiger partial charge in [-0.3, -0.25) is 4.98 Å². The molecule has 2 aromatic carbocycles. The Hall–Kier alpha value is -4.71. The molecule has 2 heterocycles. The van der Waals surface area contributed by atoms with Crippen molar-refractivity contribution in [1.82, 2.24) is 20.3 Å². The van der Waals surface area contributed by atoms with Crippen LogP contribution in [0.4, 0.5) is 10.1 Å². The van der Waals surface area contributed by atoms with Crippen LogP contribution >= 0.6 is 0 Å². The Morgan fingerprint density at radius 3 is 2.50 bits per heavy atom. The molecule has 4 aromatic rings. The van der Waals surface area contributed by atoms with Crippen LogP contribution in [-0.4, -0.2) is 22.0 Å². The topological polar surface area (TPSA) is 65.6 Å². The zero-order chi connectivity index (χ0) is 31.6. The van der Waals surface area contributed by atoms with Crippen molar-refractivity contribution >= 4 is 27.9 Å². The quantitative estimate of drug-likeness (QED) is 0.161. The summed E-state index contributed by atoms with van der Waals surface area (Å²) in [5, 5.41) is 6.82. The van der Waals surface area contributed by atoms with Gasteiger partial charge in [-0.25, -0.2) is 9.37 Å². The van der Waals surface area contributed by atoms with E-state index in [2.05, 4.69) is 70.7 Å². The lowest BCUT2D eigenvalue weighted by molar-refractivity contribution is 0.393. The van der Waals surface area contributed by atoms with Crippen molar-refractivity contribution in [1.29, 1.82) is 0 Å². The average molecular weight is 590 g/mol. The highest BCUT2D eigenvalue weighted by Crippen LogP contribution is 2.34. The van der Waals surface area contributed by atoms with Crippen LogP contribution in [0.1, 0.15) is 69.8 Å². The van der Waals surface area contributed by atoms with Crippen molar-refractivity contribution in [2.75, 3.05) is 12.4 Å². The van der Waals surface area contributed by atoms with Gasteiger partial charge < -0.3 is 15.6 Å². The molecule has 228 valence electrons. The van der Waals surface area contributed by atoms with Crippen molar-refractivity contribution < 1.29 is 4.39 Å². The second kappa shape index (κ2) is 15.1. The third-order valence-corrected chi connectivity index (χ3v) is 8.01. The number of pyridine rings is 1. The number of H-pyrrole nitrogens is 1. The van der Waals surface area contributed by atoms with Gasteiger partial charge in [-0.1, -0.05) is 77.1 Å². The van der Waals surface area contributed by atoms with E-state index in [-0.39, 0.29) is 5.82 Å².